The molecule has 0 radical (unpaired) electrons. The zero-order chi connectivity index (χ0) is 15.2. The number of alkyl halides is 1. The number of rotatable bonds is 6. The quantitative estimate of drug-likeness (QED) is 0.465. The Morgan fingerprint density at radius 2 is 2.19 bits per heavy atom. The molecular weight excluding hydrogens is 296 g/mol. The van der Waals surface area contributed by atoms with Crippen molar-refractivity contribution in [1.82, 2.24) is 4.98 Å². The summed E-state index contributed by atoms with van der Waals surface area (Å²) < 4.78 is 10.7. The normalized spacial score (nSPS) is 10.2. The first kappa shape index (κ1) is 15.1. The fraction of sp³-hybridized carbons (Fsp3) is 0.214. The van der Waals surface area contributed by atoms with Gasteiger partial charge in [-0.3, -0.25) is 10.1 Å². The number of nitro benzene ring substituents is 1. The summed E-state index contributed by atoms with van der Waals surface area (Å²) >= 11 is 5.74. The van der Waals surface area contributed by atoms with E-state index in [0.717, 1.165) is 5.56 Å². The predicted octanol–water partition coefficient (Wildman–Crippen LogP) is 3.32. The first-order valence-corrected chi connectivity index (χ1v) is 6.63. The number of nitrogens with zero attached hydrogens (tertiary/aromatic N) is 2. The Morgan fingerprint density at radius 1 is 1.38 bits per heavy atom. The number of hydrogen-bond donors (Lipinski definition) is 0. The summed E-state index contributed by atoms with van der Waals surface area (Å²) in [6, 6.07) is 8.07. The lowest BCUT2D eigenvalue weighted by atomic mass is 10.2. The molecule has 0 saturated carbocycles. The molecule has 0 aliphatic rings. The maximum absolute atomic E-state index is 11.0. The molecule has 110 valence electrons. The second-order valence-corrected chi connectivity index (χ2v) is 4.42. The smallest absolute Gasteiger partial charge is 0.310 e. The Morgan fingerprint density at radius 3 is 2.86 bits per heavy atom. The van der Waals surface area contributed by atoms with Crippen molar-refractivity contribution < 1.29 is 14.4 Å². The van der Waals surface area contributed by atoms with E-state index in [0.29, 0.717) is 11.4 Å². The second kappa shape index (κ2) is 6.90. The maximum atomic E-state index is 11.0. The van der Waals surface area contributed by atoms with Crippen LogP contribution >= 0.6 is 11.6 Å². The molecule has 1 heterocycles. The second-order valence-electron chi connectivity index (χ2n) is 4.15. The van der Waals surface area contributed by atoms with Crippen molar-refractivity contribution >= 4 is 17.3 Å². The number of hydrogen-bond acceptors (Lipinski definition) is 5. The van der Waals surface area contributed by atoms with E-state index < -0.39 is 4.92 Å². The molecular formula is C14H13ClN2O4. The lowest BCUT2D eigenvalue weighted by Gasteiger charge is -2.10. The molecule has 6 nitrogen and oxygen atoms in total. The molecule has 1 aromatic heterocycles. The van der Waals surface area contributed by atoms with Gasteiger partial charge in [0.15, 0.2) is 5.75 Å². The Balaban J connectivity index is 2.24. The Labute approximate surface area is 126 Å². The van der Waals surface area contributed by atoms with Crippen molar-refractivity contribution in [3.63, 3.8) is 0 Å². The highest BCUT2D eigenvalue weighted by molar-refractivity contribution is 6.17. The van der Waals surface area contributed by atoms with Crippen molar-refractivity contribution in [3.05, 3.63) is 57.8 Å². The van der Waals surface area contributed by atoms with Gasteiger partial charge in [0.1, 0.15) is 6.61 Å². The summed E-state index contributed by atoms with van der Waals surface area (Å²) in [5.74, 6) is 0.850. The van der Waals surface area contributed by atoms with Crippen LogP contribution in [0.1, 0.15) is 11.1 Å². The van der Waals surface area contributed by atoms with Crippen molar-refractivity contribution in [2.45, 2.75) is 12.5 Å². The van der Waals surface area contributed by atoms with Crippen LogP contribution < -0.4 is 9.47 Å². The van der Waals surface area contributed by atoms with Gasteiger partial charge in [-0.2, -0.15) is 0 Å². The third-order valence-electron chi connectivity index (χ3n) is 2.80. The standard InChI is InChI=1S/C14H13ClN2O4/c1-20-14-11(3-2-6-16-14)9-21-13-7-10(8-15)4-5-12(13)17(18)19/h2-7H,8-9H2,1H3. The van der Waals surface area contributed by atoms with E-state index in [-0.39, 0.29) is 23.9 Å². The van der Waals surface area contributed by atoms with Gasteiger partial charge in [-0.1, -0.05) is 6.07 Å². The fourth-order valence-electron chi connectivity index (χ4n) is 1.78. The number of halogens is 1. The van der Waals surface area contributed by atoms with Crippen LogP contribution in [0, 0.1) is 10.1 Å². The molecule has 0 atom stereocenters. The summed E-state index contributed by atoms with van der Waals surface area (Å²) in [4.78, 5) is 14.6. The van der Waals surface area contributed by atoms with Crippen LogP contribution in [0.25, 0.3) is 0 Å². The molecule has 0 aliphatic heterocycles. The van der Waals surface area contributed by atoms with Gasteiger partial charge < -0.3 is 9.47 Å². The number of methoxy groups -OCH3 is 1. The molecule has 0 unspecified atom stereocenters. The summed E-state index contributed by atoms with van der Waals surface area (Å²) in [5.41, 5.74) is 1.34. The number of benzene rings is 1. The summed E-state index contributed by atoms with van der Waals surface area (Å²) in [5, 5.41) is 11.0. The monoisotopic (exact) mass is 308 g/mol. The molecule has 0 bridgehead atoms. The van der Waals surface area contributed by atoms with Gasteiger partial charge in [0.05, 0.1) is 17.6 Å². The van der Waals surface area contributed by atoms with E-state index in [1.54, 1.807) is 30.5 Å². The van der Waals surface area contributed by atoms with Gasteiger partial charge in [-0.25, -0.2) is 4.98 Å². The molecule has 1 aromatic carbocycles. The largest absolute Gasteiger partial charge is 0.482 e. The van der Waals surface area contributed by atoms with Crippen molar-refractivity contribution in [3.8, 4) is 11.6 Å². The van der Waals surface area contributed by atoms with Gasteiger partial charge in [0.25, 0.3) is 0 Å². The first-order chi connectivity index (χ1) is 10.2. The molecule has 0 saturated heterocycles. The van der Waals surface area contributed by atoms with E-state index in [9.17, 15) is 10.1 Å². The molecule has 0 N–H and O–H groups in total. The van der Waals surface area contributed by atoms with E-state index in [2.05, 4.69) is 4.98 Å². The summed E-state index contributed by atoms with van der Waals surface area (Å²) in [6.07, 6.45) is 1.60. The third-order valence-corrected chi connectivity index (χ3v) is 3.11. The minimum absolute atomic E-state index is 0.105. The minimum Gasteiger partial charge on any atom is -0.482 e. The van der Waals surface area contributed by atoms with Crippen molar-refractivity contribution in [1.29, 1.82) is 0 Å². The van der Waals surface area contributed by atoms with Gasteiger partial charge in [-0.05, 0) is 23.8 Å². The van der Waals surface area contributed by atoms with Crippen molar-refractivity contribution in [2.24, 2.45) is 0 Å². The van der Waals surface area contributed by atoms with Crippen LogP contribution in [0.3, 0.4) is 0 Å². The molecule has 0 amide bonds. The Hall–Kier alpha value is -2.34. The van der Waals surface area contributed by atoms with Gasteiger partial charge >= 0.3 is 5.69 Å². The third kappa shape index (κ3) is 3.61. The lowest BCUT2D eigenvalue weighted by molar-refractivity contribution is -0.386. The zero-order valence-corrected chi connectivity index (χ0v) is 12.0. The van der Waals surface area contributed by atoms with E-state index in [1.807, 2.05) is 0 Å². The average molecular weight is 309 g/mol. The number of ether oxygens (including phenoxy) is 2. The fourth-order valence-corrected chi connectivity index (χ4v) is 1.95. The molecule has 2 rings (SSSR count). The SMILES string of the molecule is COc1ncccc1COc1cc(CCl)ccc1[N+](=O)[O-]. The number of aromatic nitrogens is 1. The van der Waals surface area contributed by atoms with Gasteiger partial charge in [0.2, 0.25) is 5.88 Å². The van der Waals surface area contributed by atoms with Gasteiger partial charge in [-0.15, -0.1) is 11.6 Å². The average Bonchev–Trinajstić information content (AvgIpc) is 2.52. The van der Waals surface area contributed by atoms with Crippen molar-refractivity contribution in [2.75, 3.05) is 7.11 Å². The Kier molecular flexibility index (Phi) is 4.94. The summed E-state index contributed by atoms with van der Waals surface area (Å²) in [6.45, 7) is 0.115. The van der Waals surface area contributed by atoms with Crippen LogP contribution in [0.4, 0.5) is 5.69 Å². The topological polar surface area (TPSA) is 74.5 Å². The van der Waals surface area contributed by atoms with Crippen LogP contribution in [-0.4, -0.2) is 17.0 Å². The molecule has 21 heavy (non-hydrogen) atoms. The molecule has 0 aliphatic carbocycles. The van der Waals surface area contributed by atoms with Crippen LogP contribution in [0.2, 0.25) is 0 Å². The number of nitro groups is 1. The minimum atomic E-state index is -0.492. The maximum Gasteiger partial charge on any atom is 0.310 e. The van der Waals surface area contributed by atoms with E-state index >= 15 is 0 Å². The van der Waals surface area contributed by atoms with E-state index in [4.69, 9.17) is 21.1 Å². The first-order valence-electron chi connectivity index (χ1n) is 6.09. The van der Waals surface area contributed by atoms with Crippen LogP contribution in [0.15, 0.2) is 36.5 Å². The predicted molar refractivity (Wildman–Crippen MR) is 77.8 cm³/mol. The number of pyridine rings is 1. The van der Waals surface area contributed by atoms with E-state index in [1.165, 1.54) is 13.2 Å². The highest BCUT2D eigenvalue weighted by atomic mass is 35.5. The van der Waals surface area contributed by atoms with Crippen LogP contribution in [0.5, 0.6) is 11.6 Å². The zero-order valence-electron chi connectivity index (χ0n) is 11.3. The van der Waals surface area contributed by atoms with Crippen LogP contribution in [-0.2, 0) is 12.5 Å². The summed E-state index contributed by atoms with van der Waals surface area (Å²) in [7, 11) is 1.50. The molecule has 2 aromatic rings. The molecule has 0 spiro atoms. The molecule has 0 fully saturated rings. The molecule has 7 heteroatoms. The Bertz CT molecular complexity index is 649. The highest BCUT2D eigenvalue weighted by Crippen LogP contribution is 2.30. The lowest BCUT2D eigenvalue weighted by Crippen LogP contribution is -2.02. The highest BCUT2D eigenvalue weighted by Gasteiger charge is 2.16. The van der Waals surface area contributed by atoms with Gasteiger partial charge in [0, 0.05) is 18.1 Å².